The minimum atomic E-state index is -0.0601. The van der Waals surface area contributed by atoms with Crippen LogP contribution in [0.15, 0.2) is 24.7 Å². The van der Waals surface area contributed by atoms with Crippen molar-refractivity contribution in [2.24, 2.45) is 0 Å². The lowest BCUT2D eigenvalue weighted by Gasteiger charge is -2.04. The van der Waals surface area contributed by atoms with Crippen LogP contribution < -0.4 is 4.74 Å². The second kappa shape index (κ2) is 5.73. The predicted molar refractivity (Wildman–Crippen MR) is 70.3 cm³/mol. The molecule has 18 heavy (non-hydrogen) atoms. The second-order valence-corrected chi connectivity index (χ2v) is 5.07. The smallest absolute Gasteiger partial charge is 0.206 e. The Morgan fingerprint density at radius 1 is 1.39 bits per heavy atom. The highest BCUT2D eigenvalue weighted by Gasteiger charge is 2.13. The monoisotopic (exact) mass is 262 g/mol. The van der Waals surface area contributed by atoms with Gasteiger partial charge in [-0.2, -0.15) is 0 Å². The van der Waals surface area contributed by atoms with Crippen LogP contribution in [0.5, 0.6) is 5.75 Å². The molecule has 0 spiro atoms. The summed E-state index contributed by atoms with van der Waals surface area (Å²) in [4.78, 5) is 20.9. The normalized spacial score (nSPS) is 10.3. The molecule has 2 aromatic rings. The Kier molecular flexibility index (Phi) is 4.04. The van der Waals surface area contributed by atoms with Crippen molar-refractivity contribution in [3.05, 3.63) is 40.1 Å². The Morgan fingerprint density at radius 3 is 2.89 bits per heavy atom. The fraction of sp³-hybridized carbons (Fsp3) is 0.308. The van der Waals surface area contributed by atoms with Crippen molar-refractivity contribution in [1.29, 1.82) is 0 Å². The minimum Gasteiger partial charge on any atom is -0.492 e. The molecule has 0 saturated carbocycles. The van der Waals surface area contributed by atoms with Crippen molar-refractivity contribution in [1.82, 2.24) is 9.97 Å². The van der Waals surface area contributed by atoms with Crippen molar-refractivity contribution in [2.45, 2.75) is 20.3 Å². The van der Waals surface area contributed by atoms with E-state index in [4.69, 9.17) is 4.74 Å². The number of thiazole rings is 1. The van der Waals surface area contributed by atoms with E-state index in [0.29, 0.717) is 22.8 Å². The SMILES string of the molecule is CCCOc1cncc(C(=O)c2cnc(C)s2)c1. The molecule has 0 N–H and O–H groups in total. The van der Waals surface area contributed by atoms with Gasteiger partial charge in [-0.25, -0.2) is 4.98 Å². The zero-order valence-corrected chi connectivity index (χ0v) is 11.2. The summed E-state index contributed by atoms with van der Waals surface area (Å²) in [5.74, 6) is 0.569. The molecule has 0 aliphatic rings. The van der Waals surface area contributed by atoms with Crippen molar-refractivity contribution in [3.8, 4) is 5.75 Å². The highest BCUT2D eigenvalue weighted by atomic mass is 32.1. The molecule has 2 heterocycles. The number of aromatic nitrogens is 2. The number of ketones is 1. The van der Waals surface area contributed by atoms with Gasteiger partial charge < -0.3 is 4.74 Å². The van der Waals surface area contributed by atoms with Crippen LogP contribution in [0.25, 0.3) is 0 Å². The van der Waals surface area contributed by atoms with Crippen LogP contribution >= 0.6 is 11.3 Å². The number of hydrogen-bond donors (Lipinski definition) is 0. The van der Waals surface area contributed by atoms with Gasteiger partial charge in [0.1, 0.15) is 5.75 Å². The van der Waals surface area contributed by atoms with Crippen LogP contribution in [-0.4, -0.2) is 22.4 Å². The van der Waals surface area contributed by atoms with Gasteiger partial charge in [-0.15, -0.1) is 11.3 Å². The first kappa shape index (κ1) is 12.7. The van der Waals surface area contributed by atoms with Crippen LogP contribution in [-0.2, 0) is 0 Å². The maximum absolute atomic E-state index is 12.2. The van der Waals surface area contributed by atoms with Gasteiger partial charge in [0.2, 0.25) is 5.78 Å². The van der Waals surface area contributed by atoms with Gasteiger partial charge in [-0.1, -0.05) is 6.92 Å². The minimum absolute atomic E-state index is 0.0601. The second-order valence-electron chi connectivity index (χ2n) is 3.83. The molecule has 0 bridgehead atoms. The van der Waals surface area contributed by atoms with Gasteiger partial charge >= 0.3 is 0 Å². The molecule has 0 amide bonds. The average Bonchev–Trinajstić information content (AvgIpc) is 2.82. The van der Waals surface area contributed by atoms with Gasteiger partial charge in [0.25, 0.3) is 0 Å². The summed E-state index contributed by atoms with van der Waals surface area (Å²) >= 11 is 1.39. The number of aryl methyl sites for hydroxylation is 1. The molecule has 4 nitrogen and oxygen atoms in total. The van der Waals surface area contributed by atoms with Crippen LogP contribution in [0.4, 0.5) is 0 Å². The summed E-state index contributed by atoms with van der Waals surface area (Å²) < 4.78 is 5.46. The average molecular weight is 262 g/mol. The summed E-state index contributed by atoms with van der Waals surface area (Å²) in [6, 6.07) is 1.72. The van der Waals surface area contributed by atoms with E-state index in [9.17, 15) is 4.79 Å². The molecule has 2 rings (SSSR count). The molecule has 0 atom stereocenters. The quantitative estimate of drug-likeness (QED) is 0.777. The third-order valence-corrected chi connectivity index (χ3v) is 3.20. The van der Waals surface area contributed by atoms with E-state index in [1.165, 1.54) is 11.3 Å². The number of rotatable bonds is 5. The van der Waals surface area contributed by atoms with Gasteiger partial charge in [0.05, 0.1) is 22.7 Å². The molecular weight excluding hydrogens is 248 g/mol. The Labute approximate surface area is 110 Å². The number of carbonyl (C=O) groups excluding carboxylic acids is 1. The maximum atomic E-state index is 12.2. The number of carbonyl (C=O) groups is 1. The van der Waals surface area contributed by atoms with Crippen LogP contribution in [0.1, 0.15) is 33.6 Å². The first-order chi connectivity index (χ1) is 8.70. The van der Waals surface area contributed by atoms with E-state index in [1.807, 2.05) is 13.8 Å². The van der Waals surface area contributed by atoms with Crippen molar-refractivity contribution >= 4 is 17.1 Å². The Morgan fingerprint density at radius 2 is 2.22 bits per heavy atom. The topological polar surface area (TPSA) is 52.1 Å². The number of nitrogens with zero attached hydrogens (tertiary/aromatic N) is 2. The molecule has 0 fully saturated rings. The molecule has 0 aliphatic carbocycles. The fourth-order valence-corrected chi connectivity index (χ4v) is 2.19. The lowest BCUT2D eigenvalue weighted by atomic mass is 10.2. The molecule has 0 saturated heterocycles. The molecule has 0 radical (unpaired) electrons. The largest absolute Gasteiger partial charge is 0.492 e. The summed E-state index contributed by atoms with van der Waals surface area (Å²) in [7, 11) is 0. The van der Waals surface area contributed by atoms with E-state index in [1.54, 1.807) is 24.7 Å². The number of ether oxygens (including phenoxy) is 1. The molecule has 2 aromatic heterocycles. The van der Waals surface area contributed by atoms with Crippen molar-refractivity contribution < 1.29 is 9.53 Å². The van der Waals surface area contributed by atoms with Crippen molar-refractivity contribution in [2.75, 3.05) is 6.61 Å². The van der Waals surface area contributed by atoms with Gasteiger partial charge in [-0.3, -0.25) is 9.78 Å². The van der Waals surface area contributed by atoms with E-state index in [2.05, 4.69) is 9.97 Å². The molecule has 5 heteroatoms. The van der Waals surface area contributed by atoms with Crippen LogP contribution in [0.3, 0.4) is 0 Å². The lowest BCUT2D eigenvalue weighted by Crippen LogP contribution is -2.02. The lowest BCUT2D eigenvalue weighted by molar-refractivity contribution is 0.104. The fourth-order valence-electron chi connectivity index (χ4n) is 1.45. The standard InChI is InChI=1S/C13H14N2O2S/c1-3-4-17-11-5-10(6-14-7-11)13(16)12-8-15-9(2)18-12/h5-8H,3-4H2,1-2H3. The predicted octanol–water partition coefficient (Wildman–Crippen LogP) is 2.87. The van der Waals surface area contributed by atoms with E-state index in [0.717, 1.165) is 11.4 Å². The van der Waals surface area contributed by atoms with E-state index < -0.39 is 0 Å². The first-order valence-corrected chi connectivity index (χ1v) is 6.57. The number of pyridine rings is 1. The van der Waals surface area contributed by atoms with Crippen LogP contribution in [0.2, 0.25) is 0 Å². The first-order valence-electron chi connectivity index (χ1n) is 5.75. The summed E-state index contributed by atoms with van der Waals surface area (Å²) in [6.45, 7) is 4.53. The Balaban J connectivity index is 2.20. The van der Waals surface area contributed by atoms with Crippen molar-refractivity contribution in [3.63, 3.8) is 0 Å². The van der Waals surface area contributed by atoms with Gasteiger partial charge in [-0.05, 0) is 19.4 Å². The molecule has 0 aliphatic heterocycles. The highest BCUT2D eigenvalue weighted by molar-refractivity contribution is 7.13. The summed E-state index contributed by atoms with van der Waals surface area (Å²) in [6.07, 6.45) is 5.69. The Bertz CT molecular complexity index is 551. The molecule has 0 aromatic carbocycles. The van der Waals surface area contributed by atoms with Gasteiger partial charge in [0, 0.05) is 18.0 Å². The summed E-state index contributed by atoms with van der Waals surface area (Å²) in [5.41, 5.74) is 0.534. The van der Waals surface area contributed by atoms with E-state index >= 15 is 0 Å². The highest BCUT2D eigenvalue weighted by Crippen LogP contribution is 2.19. The number of hydrogen-bond acceptors (Lipinski definition) is 5. The Hall–Kier alpha value is -1.75. The third kappa shape index (κ3) is 2.92. The zero-order chi connectivity index (χ0) is 13.0. The van der Waals surface area contributed by atoms with Gasteiger partial charge in [0.15, 0.2) is 0 Å². The molecular formula is C13H14N2O2S. The molecule has 0 unspecified atom stereocenters. The zero-order valence-electron chi connectivity index (χ0n) is 10.3. The summed E-state index contributed by atoms with van der Waals surface area (Å²) in [5, 5.41) is 0.879. The molecule has 94 valence electrons. The maximum Gasteiger partial charge on any atom is 0.206 e. The third-order valence-electron chi connectivity index (χ3n) is 2.29. The van der Waals surface area contributed by atoms with E-state index in [-0.39, 0.29) is 5.78 Å². The van der Waals surface area contributed by atoms with Crippen LogP contribution in [0, 0.1) is 6.92 Å².